The summed E-state index contributed by atoms with van der Waals surface area (Å²) in [4.78, 5) is 0. The molecule has 0 bridgehead atoms. The summed E-state index contributed by atoms with van der Waals surface area (Å²) in [5, 5.41) is 8.13. The summed E-state index contributed by atoms with van der Waals surface area (Å²) in [6.07, 6.45) is 4.21. The summed E-state index contributed by atoms with van der Waals surface area (Å²) in [6.45, 7) is 10.4. The van der Waals surface area contributed by atoms with E-state index in [0.29, 0.717) is 12.0 Å². The van der Waals surface area contributed by atoms with Gasteiger partial charge in [0, 0.05) is 30.7 Å². The van der Waals surface area contributed by atoms with Crippen molar-refractivity contribution in [3.05, 3.63) is 18.0 Å². The van der Waals surface area contributed by atoms with Crippen LogP contribution >= 0.6 is 11.6 Å². The molecule has 2 atom stereocenters. The van der Waals surface area contributed by atoms with Gasteiger partial charge in [-0.2, -0.15) is 5.10 Å². The van der Waals surface area contributed by atoms with Crippen molar-refractivity contribution in [2.24, 2.45) is 5.92 Å². The number of rotatable bonds is 8. The number of hydrogen-bond acceptors (Lipinski definition) is 2. The molecule has 1 heterocycles. The quantitative estimate of drug-likeness (QED) is 0.732. The molecule has 18 heavy (non-hydrogen) atoms. The third-order valence-corrected chi connectivity index (χ3v) is 3.44. The smallest absolute Gasteiger partial charge is 0.0762 e. The number of alkyl halides is 1. The highest BCUT2D eigenvalue weighted by molar-refractivity contribution is 6.20. The molecule has 0 aromatic carbocycles. The van der Waals surface area contributed by atoms with Crippen LogP contribution in [0.25, 0.3) is 0 Å². The molecule has 0 amide bonds. The van der Waals surface area contributed by atoms with Crippen molar-refractivity contribution in [2.45, 2.75) is 58.5 Å². The maximum atomic E-state index is 6.23. The first kappa shape index (κ1) is 15.5. The Kier molecular flexibility index (Phi) is 6.72. The van der Waals surface area contributed by atoms with Gasteiger partial charge in [-0.25, -0.2) is 0 Å². The Hall–Kier alpha value is -0.540. The molecule has 0 saturated heterocycles. The molecule has 4 heteroatoms. The first-order valence-corrected chi connectivity index (χ1v) is 7.35. The lowest BCUT2D eigenvalue weighted by atomic mass is 10.1. The van der Waals surface area contributed by atoms with Crippen molar-refractivity contribution >= 4 is 11.6 Å². The minimum Gasteiger partial charge on any atom is -0.310 e. The van der Waals surface area contributed by atoms with Gasteiger partial charge in [-0.3, -0.25) is 4.68 Å². The molecule has 1 rings (SSSR count). The number of hydrogen-bond donors (Lipinski definition) is 1. The normalized spacial score (nSPS) is 15.0. The van der Waals surface area contributed by atoms with Gasteiger partial charge in [-0.05, 0) is 31.7 Å². The predicted octanol–water partition coefficient (Wildman–Crippen LogP) is 3.60. The van der Waals surface area contributed by atoms with Gasteiger partial charge in [0.05, 0.1) is 5.69 Å². The van der Waals surface area contributed by atoms with Crippen LogP contribution in [0.5, 0.6) is 0 Å². The van der Waals surface area contributed by atoms with Gasteiger partial charge in [-0.1, -0.05) is 20.8 Å². The molecular formula is C14H26ClN3. The summed E-state index contributed by atoms with van der Waals surface area (Å²) in [5.41, 5.74) is 1.09. The van der Waals surface area contributed by atoms with E-state index < -0.39 is 0 Å². The minimum atomic E-state index is 0.210. The van der Waals surface area contributed by atoms with Gasteiger partial charge in [0.15, 0.2) is 0 Å². The Balaban J connectivity index is 2.29. The van der Waals surface area contributed by atoms with Crippen LogP contribution in [0.1, 0.15) is 52.3 Å². The van der Waals surface area contributed by atoms with Crippen LogP contribution in [0.15, 0.2) is 12.3 Å². The summed E-state index contributed by atoms with van der Waals surface area (Å²) in [5.74, 6) is 0.652. The number of nitrogens with zero attached hydrogens (tertiary/aromatic N) is 2. The Morgan fingerprint density at radius 1 is 1.39 bits per heavy atom. The lowest BCUT2D eigenvalue weighted by Gasteiger charge is -2.12. The molecule has 1 aromatic heterocycles. The van der Waals surface area contributed by atoms with Gasteiger partial charge < -0.3 is 5.32 Å². The van der Waals surface area contributed by atoms with Crippen molar-refractivity contribution in [3.63, 3.8) is 0 Å². The molecule has 1 N–H and O–H groups in total. The zero-order valence-electron chi connectivity index (χ0n) is 12.0. The van der Waals surface area contributed by atoms with E-state index in [4.69, 9.17) is 11.6 Å². The van der Waals surface area contributed by atoms with Gasteiger partial charge >= 0.3 is 0 Å². The van der Waals surface area contributed by atoms with Gasteiger partial charge in [0.1, 0.15) is 0 Å². The van der Waals surface area contributed by atoms with Gasteiger partial charge in [-0.15, -0.1) is 11.6 Å². The van der Waals surface area contributed by atoms with E-state index in [-0.39, 0.29) is 5.38 Å². The third kappa shape index (κ3) is 5.40. The number of nitrogens with one attached hydrogen (secondary N) is 1. The Bertz CT molecular complexity index is 336. The first-order valence-electron chi connectivity index (χ1n) is 6.91. The summed E-state index contributed by atoms with van der Waals surface area (Å²) >= 11 is 6.23. The Labute approximate surface area is 116 Å². The zero-order valence-corrected chi connectivity index (χ0v) is 12.7. The monoisotopic (exact) mass is 271 g/mol. The van der Waals surface area contributed by atoms with Crippen molar-refractivity contribution in [1.29, 1.82) is 0 Å². The molecule has 0 saturated carbocycles. The second kappa shape index (κ2) is 7.80. The van der Waals surface area contributed by atoms with E-state index in [9.17, 15) is 0 Å². The van der Waals surface area contributed by atoms with E-state index in [2.05, 4.69) is 50.4 Å². The SMILES string of the molecule is CCC(C)n1ccc(CNCC(Cl)CC(C)C)n1. The van der Waals surface area contributed by atoms with Crippen LogP contribution in [0.4, 0.5) is 0 Å². The molecule has 0 aliphatic heterocycles. The fourth-order valence-electron chi connectivity index (χ4n) is 1.86. The highest BCUT2D eigenvalue weighted by Crippen LogP contribution is 2.11. The van der Waals surface area contributed by atoms with Crippen LogP contribution in [0.3, 0.4) is 0 Å². The third-order valence-electron chi connectivity index (χ3n) is 3.11. The molecule has 104 valence electrons. The highest BCUT2D eigenvalue weighted by atomic mass is 35.5. The second-order valence-corrected chi connectivity index (χ2v) is 6.02. The van der Waals surface area contributed by atoms with Crippen molar-refractivity contribution < 1.29 is 0 Å². The van der Waals surface area contributed by atoms with Gasteiger partial charge in [0.25, 0.3) is 0 Å². The average molecular weight is 272 g/mol. The predicted molar refractivity (Wildman–Crippen MR) is 78.0 cm³/mol. The van der Waals surface area contributed by atoms with E-state index >= 15 is 0 Å². The Morgan fingerprint density at radius 2 is 2.11 bits per heavy atom. The van der Waals surface area contributed by atoms with Crippen LogP contribution in [0.2, 0.25) is 0 Å². The van der Waals surface area contributed by atoms with E-state index in [1.807, 2.05) is 4.68 Å². The van der Waals surface area contributed by atoms with E-state index in [0.717, 1.165) is 31.6 Å². The number of halogens is 1. The molecular weight excluding hydrogens is 246 g/mol. The molecule has 0 aliphatic carbocycles. The van der Waals surface area contributed by atoms with Crippen LogP contribution in [-0.2, 0) is 6.54 Å². The molecule has 0 fully saturated rings. The number of aromatic nitrogens is 2. The molecule has 0 spiro atoms. The zero-order chi connectivity index (χ0) is 13.5. The highest BCUT2D eigenvalue weighted by Gasteiger charge is 2.08. The van der Waals surface area contributed by atoms with Crippen LogP contribution in [-0.4, -0.2) is 21.7 Å². The molecule has 3 nitrogen and oxygen atoms in total. The molecule has 0 aliphatic rings. The van der Waals surface area contributed by atoms with Crippen molar-refractivity contribution in [1.82, 2.24) is 15.1 Å². The van der Waals surface area contributed by atoms with E-state index in [1.165, 1.54) is 0 Å². The largest absolute Gasteiger partial charge is 0.310 e. The molecule has 1 aromatic rings. The first-order chi connectivity index (χ1) is 8.52. The van der Waals surface area contributed by atoms with E-state index in [1.54, 1.807) is 0 Å². The fraction of sp³-hybridized carbons (Fsp3) is 0.786. The lowest BCUT2D eigenvalue weighted by Crippen LogP contribution is -2.24. The molecule has 2 unspecified atom stereocenters. The lowest BCUT2D eigenvalue weighted by molar-refractivity contribution is 0.470. The topological polar surface area (TPSA) is 29.9 Å². The summed E-state index contributed by atoms with van der Waals surface area (Å²) in [7, 11) is 0. The van der Waals surface area contributed by atoms with Crippen LogP contribution in [0, 0.1) is 5.92 Å². The van der Waals surface area contributed by atoms with Crippen LogP contribution < -0.4 is 5.32 Å². The summed E-state index contributed by atoms with van der Waals surface area (Å²) in [6, 6.07) is 2.55. The second-order valence-electron chi connectivity index (χ2n) is 5.40. The Morgan fingerprint density at radius 3 is 2.72 bits per heavy atom. The van der Waals surface area contributed by atoms with Crippen molar-refractivity contribution in [3.8, 4) is 0 Å². The summed E-state index contributed by atoms with van der Waals surface area (Å²) < 4.78 is 2.03. The van der Waals surface area contributed by atoms with Gasteiger partial charge in [0.2, 0.25) is 0 Å². The average Bonchev–Trinajstić information content (AvgIpc) is 2.75. The standard InChI is InChI=1S/C14H26ClN3/c1-5-12(4)18-7-6-14(17-18)10-16-9-13(15)8-11(2)3/h6-7,11-13,16H,5,8-10H2,1-4H3. The maximum Gasteiger partial charge on any atom is 0.0762 e. The molecule has 0 radical (unpaired) electrons. The van der Waals surface area contributed by atoms with Crippen molar-refractivity contribution in [2.75, 3.05) is 6.54 Å². The fourth-order valence-corrected chi connectivity index (χ4v) is 2.32. The minimum absolute atomic E-state index is 0.210. The maximum absolute atomic E-state index is 6.23.